The highest BCUT2D eigenvalue weighted by atomic mass is 16.5. The summed E-state index contributed by atoms with van der Waals surface area (Å²) in [6.45, 7) is 4.73. The minimum absolute atomic E-state index is 0.776. The minimum atomic E-state index is 0.776. The fourth-order valence-electron chi connectivity index (χ4n) is 3.00. The van der Waals surface area contributed by atoms with Gasteiger partial charge in [0.15, 0.2) is 0 Å². The van der Waals surface area contributed by atoms with Crippen LogP contribution in [-0.4, -0.2) is 32.8 Å². The standard InChI is InChI=1S/C17H24N2O/c1-2-6-15(7-3-1)14-18-16-8-4-5-9-17(16)19-10-12-20-13-11-19/h1-2,4-5,8-9,15,18H,3,6-7,10-14H2. The SMILES string of the molecule is C1=CCC(CNc2ccccc2N2CCOCC2)CC1. The van der Waals surface area contributed by atoms with Gasteiger partial charge in [-0.1, -0.05) is 24.3 Å². The molecule has 0 amide bonds. The van der Waals surface area contributed by atoms with Gasteiger partial charge in [0.05, 0.1) is 24.6 Å². The molecule has 20 heavy (non-hydrogen) atoms. The van der Waals surface area contributed by atoms with Crippen molar-refractivity contribution in [2.24, 2.45) is 5.92 Å². The largest absolute Gasteiger partial charge is 0.383 e. The number of anilines is 2. The highest BCUT2D eigenvalue weighted by Gasteiger charge is 2.15. The first-order valence-corrected chi connectivity index (χ1v) is 7.74. The molecular weight excluding hydrogens is 248 g/mol. The van der Waals surface area contributed by atoms with E-state index in [-0.39, 0.29) is 0 Å². The van der Waals surface area contributed by atoms with Gasteiger partial charge in [0, 0.05) is 19.6 Å². The van der Waals surface area contributed by atoms with Crippen molar-refractivity contribution in [2.45, 2.75) is 19.3 Å². The lowest BCUT2D eigenvalue weighted by atomic mass is 9.94. The molecule has 108 valence electrons. The molecule has 0 saturated carbocycles. The molecule has 1 N–H and O–H groups in total. The molecule has 0 spiro atoms. The van der Waals surface area contributed by atoms with Gasteiger partial charge in [-0.2, -0.15) is 0 Å². The summed E-state index contributed by atoms with van der Waals surface area (Å²) in [7, 11) is 0. The summed E-state index contributed by atoms with van der Waals surface area (Å²) >= 11 is 0. The van der Waals surface area contributed by atoms with Crippen LogP contribution in [0, 0.1) is 5.92 Å². The third-order valence-corrected chi connectivity index (χ3v) is 4.21. The van der Waals surface area contributed by atoms with Crippen molar-refractivity contribution in [2.75, 3.05) is 43.1 Å². The molecule has 3 heteroatoms. The van der Waals surface area contributed by atoms with Gasteiger partial charge in [-0.15, -0.1) is 0 Å². The Morgan fingerprint density at radius 1 is 1.15 bits per heavy atom. The maximum absolute atomic E-state index is 5.45. The number of allylic oxidation sites excluding steroid dienone is 2. The summed E-state index contributed by atoms with van der Waals surface area (Å²) in [6.07, 6.45) is 8.38. The van der Waals surface area contributed by atoms with Crippen LogP contribution in [0.3, 0.4) is 0 Å². The number of ether oxygens (including phenoxy) is 1. The van der Waals surface area contributed by atoms with E-state index in [0.717, 1.165) is 38.8 Å². The van der Waals surface area contributed by atoms with Crippen LogP contribution in [0.5, 0.6) is 0 Å². The van der Waals surface area contributed by atoms with E-state index in [4.69, 9.17) is 4.74 Å². The molecule has 0 radical (unpaired) electrons. The summed E-state index contributed by atoms with van der Waals surface area (Å²) < 4.78 is 5.45. The minimum Gasteiger partial charge on any atom is -0.383 e. The predicted octanol–water partition coefficient (Wildman–Crippen LogP) is 3.29. The zero-order valence-corrected chi connectivity index (χ0v) is 12.1. The zero-order valence-electron chi connectivity index (χ0n) is 12.1. The van der Waals surface area contributed by atoms with Crippen LogP contribution in [0.2, 0.25) is 0 Å². The lowest BCUT2D eigenvalue weighted by Gasteiger charge is -2.31. The quantitative estimate of drug-likeness (QED) is 0.851. The van der Waals surface area contributed by atoms with E-state index in [1.165, 1.54) is 30.6 Å². The molecule has 1 atom stereocenters. The molecule has 1 saturated heterocycles. The molecule has 1 aliphatic heterocycles. The normalized spacial score (nSPS) is 22.8. The summed E-state index contributed by atoms with van der Waals surface area (Å²) in [6, 6.07) is 8.66. The van der Waals surface area contributed by atoms with Crippen molar-refractivity contribution < 1.29 is 4.74 Å². The third kappa shape index (κ3) is 3.34. The van der Waals surface area contributed by atoms with E-state index < -0.39 is 0 Å². The van der Waals surface area contributed by atoms with Gasteiger partial charge in [-0.3, -0.25) is 0 Å². The molecule has 0 bridgehead atoms. The maximum Gasteiger partial charge on any atom is 0.0642 e. The molecular formula is C17H24N2O. The Morgan fingerprint density at radius 3 is 2.80 bits per heavy atom. The van der Waals surface area contributed by atoms with Crippen molar-refractivity contribution in [3.63, 3.8) is 0 Å². The highest BCUT2D eigenvalue weighted by Crippen LogP contribution is 2.27. The molecule has 2 aliphatic rings. The first-order chi connectivity index (χ1) is 9.93. The van der Waals surface area contributed by atoms with Crippen molar-refractivity contribution in [1.29, 1.82) is 0 Å². The number of benzene rings is 1. The van der Waals surface area contributed by atoms with Gasteiger partial charge in [-0.25, -0.2) is 0 Å². The number of hydrogen-bond donors (Lipinski definition) is 1. The first kappa shape index (κ1) is 13.5. The fourth-order valence-corrected chi connectivity index (χ4v) is 3.00. The molecule has 1 aromatic carbocycles. The van der Waals surface area contributed by atoms with Crippen molar-refractivity contribution >= 4 is 11.4 Å². The summed E-state index contributed by atoms with van der Waals surface area (Å²) in [5.41, 5.74) is 2.59. The van der Waals surface area contributed by atoms with Gasteiger partial charge < -0.3 is 15.0 Å². The number of rotatable bonds is 4. The molecule has 1 heterocycles. The topological polar surface area (TPSA) is 24.5 Å². The van der Waals surface area contributed by atoms with Crippen LogP contribution < -0.4 is 10.2 Å². The number of para-hydroxylation sites is 2. The van der Waals surface area contributed by atoms with E-state index in [0.29, 0.717) is 0 Å². The summed E-state index contributed by atoms with van der Waals surface area (Å²) in [4.78, 5) is 2.42. The molecule has 3 rings (SSSR count). The predicted molar refractivity (Wildman–Crippen MR) is 84.4 cm³/mol. The van der Waals surface area contributed by atoms with Crippen LogP contribution in [0.1, 0.15) is 19.3 Å². The van der Waals surface area contributed by atoms with Gasteiger partial charge in [0.25, 0.3) is 0 Å². The Morgan fingerprint density at radius 2 is 2.00 bits per heavy atom. The fraction of sp³-hybridized carbons (Fsp3) is 0.529. The van der Waals surface area contributed by atoms with Gasteiger partial charge in [0.2, 0.25) is 0 Å². The lowest BCUT2D eigenvalue weighted by Crippen LogP contribution is -2.36. The Kier molecular flexibility index (Phi) is 4.59. The Balaban J connectivity index is 1.64. The number of nitrogens with zero attached hydrogens (tertiary/aromatic N) is 1. The molecule has 1 aromatic rings. The molecule has 3 nitrogen and oxygen atoms in total. The van der Waals surface area contributed by atoms with Crippen LogP contribution in [-0.2, 0) is 4.74 Å². The molecule has 0 aromatic heterocycles. The number of hydrogen-bond acceptors (Lipinski definition) is 3. The van der Waals surface area contributed by atoms with Crippen molar-refractivity contribution in [3.05, 3.63) is 36.4 Å². The van der Waals surface area contributed by atoms with Crippen molar-refractivity contribution in [3.8, 4) is 0 Å². The van der Waals surface area contributed by atoms with Crippen LogP contribution in [0.15, 0.2) is 36.4 Å². The smallest absolute Gasteiger partial charge is 0.0642 e. The second kappa shape index (κ2) is 6.80. The van der Waals surface area contributed by atoms with E-state index in [1.807, 2.05) is 0 Å². The Bertz CT molecular complexity index is 452. The van der Waals surface area contributed by atoms with Crippen molar-refractivity contribution in [1.82, 2.24) is 0 Å². The molecule has 1 unspecified atom stereocenters. The number of nitrogens with one attached hydrogen (secondary N) is 1. The van der Waals surface area contributed by atoms with E-state index in [9.17, 15) is 0 Å². The maximum atomic E-state index is 5.45. The first-order valence-electron chi connectivity index (χ1n) is 7.74. The second-order valence-corrected chi connectivity index (χ2v) is 5.65. The molecule has 1 fully saturated rings. The average Bonchev–Trinajstić information content (AvgIpc) is 2.55. The monoisotopic (exact) mass is 272 g/mol. The summed E-state index contributed by atoms with van der Waals surface area (Å²) in [5.74, 6) is 0.776. The average molecular weight is 272 g/mol. The van der Waals surface area contributed by atoms with Crippen LogP contribution >= 0.6 is 0 Å². The van der Waals surface area contributed by atoms with E-state index in [2.05, 4.69) is 46.6 Å². The second-order valence-electron chi connectivity index (χ2n) is 5.65. The summed E-state index contributed by atoms with van der Waals surface area (Å²) in [5, 5.41) is 3.66. The number of morpholine rings is 1. The Labute approximate surface area is 121 Å². The van der Waals surface area contributed by atoms with Crippen LogP contribution in [0.4, 0.5) is 11.4 Å². The van der Waals surface area contributed by atoms with Gasteiger partial charge in [-0.05, 0) is 37.3 Å². The highest BCUT2D eigenvalue weighted by molar-refractivity contribution is 5.70. The van der Waals surface area contributed by atoms with E-state index in [1.54, 1.807) is 0 Å². The lowest BCUT2D eigenvalue weighted by molar-refractivity contribution is 0.123. The Hall–Kier alpha value is -1.48. The molecule has 1 aliphatic carbocycles. The zero-order chi connectivity index (χ0) is 13.6. The van der Waals surface area contributed by atoms with Gasteiger partial charge >= 0.3 is 0 Å². The third-order valence-electron chi connectivity index (χ3n) is 4.21. The van der Waals surface area contributed by atoms with E-state index >= 15 is 0 Å². The van der Waals surface area contributed by atoms with Crippen LogP contribution in [0.25, 0.3) is 0 Å². The van der Waals surface area contributed by atoms with Gasteiger partial charge in [0.1, 0.15) is 0 Å².